The summed E-state index contributed by atoms with van der Waals surface area (Å²) >= 11 is 6.24. The molecule has 2 amide bonds. The lowest BCUT2D eigenvalue weighted by Crippen LogP contribution is -2.43. The van der Waals surface area contributed by atoms with E-state index >= 15 is 0 Å². The van der Waals surface area contributed by atoms with Gasteiger partial charge in [0.25, 0.3) is 0 Å². The lowest BCUT2D eigenvalue weighted by atomic mass is 9.74. The summed E-state index contributed by atoms with van der Waals surface area (Å²) in [6, 6.07) is 16.2. The first-order valence-corrected chi connectivity index (χ1v) is 12.6. The molecule has 1 aliphatic carbocycles. The van der Waals surface area contributed by atoms with Crippen LogP contribution in [0.1, 0.15) is 36.8 Å². The Kier molecular flexibility index (Phi) is 7.89. The minimum atomic E-state index is -0.291. The highest BCUT2D eigenvalue weighted by Gasteiger charge is 2.38. The number of hydrogen-bond acceptors (Lipinski definition) is 3. The highest BCUT2D eigenvalue weighted by atomic mass is 35.5. The van der Waals surface area contributed by atoms with Crippen molar-refractivity contribution in [2.75, 3.05) is 44.7 Å². The largest absolute Gasteiger partial charge is 0.345 e. The molecule has 5 rings (SSSR count). The van der Waals surface area contributed by atoms with Crippen LogP contribution in [0.25, 0.3) is 6.08 Å². The Bertz CT molecular complexity index is 1110. The zero-order valence-electron chi connectivity index (χ0n) is 20.2. The van der Waals surface area contributed by atoms with E-state index in [4.69, 9.17) is 11.6 Å². The van der Waals surface area contributed by atoms with Gasteiger partial charge in [-0.3, -0.25) is 9.59 Å². The molecule has 1 spiro atoms. The smallest absolute Gasteiger partial charge is 0.232 e. The van der Waals surface area contributed by atoms with Crippen molar-refractivity contribution in [3.8, 4) is 0 Å². The Hall–Kier alpha value is -2.34. The molecule has 5 nitrogen and oxygen atoms in total. The van der Waals surface area contributed by atoms with Gasteiger partial charge in [-0.1, -0.05) is 54.1 Å². The van der Waals surface area contributed by atoms with Crippen molar-refractivity contribution in [1.29, 1.82) is 0 Å². The number of anilines is 1. The molecule has 0 N–H and O–H groups in total. The first-order valence-electron chi connectivity index (χ1n) is 12.3. The van der Waals surface area contributed by atoms with E-state index < -0.39 is 0 Å². The van der Waals surface area contributed by atoms with Gasteiger partial charge in [0, 0.05) is 42.7 Å². The van der Waals surface area contributed by atoms with Gasteiger partial charge in [0.1, 0.15) is 0 Å². The fourth-order valence-electron chi connectivity index (χ4n) is 5.76. The van der Waals surface area contributed by atoms with Gasteiger partial charge in [-0.15, -0.1) is 12.4 Å². The summed E-state index contributed by atoms with van der Waals surface area (Å²) in [5, 5.41) is 0.612. The number of nitrogens with zero attached hydrogens (tertiary/aromatic N) is 3. The Labute approximate surface area is 219 Å². The predicted octanol–water partition coefficient (Wildman–Crippen LogP) is 5.02. The van der Waals surface area contributed by atoms with Gasteiger partial charge < -0.3 is 14.7 Å². The number of rotatable bonds is 6. The van der Waals surface area contributed by atoms with Crippen molar-refractivity contribution >= 4 is 47.6 Å². The molecule has 7 heteroatoms. The van der Waals surface area contributed by atoms with Crippen LogP contribution in [0.3, 0.4) is 0 Å². The predicted molar refractivity (Wildman–Crippen MR) is 144 cm³/mol. The molecule has 2 aromatic rings. The number of hydrogen-bond donors (Lipinski definition) is 0. The molecule has 2 heterocycles. The van der Waals surface area contributed by atoms with Crippen LogP contribution in [0.2, 0.25) is 5.02 Å². The van der Waals surface area contributed by atoms with Crippen LogP contribution < -0.4 is 4.90 Å². The normalized spacial score (nSPS) is 20.7. The molecule has 1 atom stereocenters. The molecule has 0 bridgehead atoms. The molecule has 2 aliphatic heterocycles. The minimum absolute atomic E-state index is 0. The van der Waals surface area contributed by atoms with E-state index in [-0.39, 0.29) is 42.0 Å². The van der Waals surface area contributed by atoms with E-state index in [0.29, 0.717) is 18.1 Å². The Morgan fingerprint density at radius 1 is 1.14 bits per heavy atom. The average Bonchev–Trinajstić information content (AvgIpc) is 3.37. The van der Waals surface area contributed by atoms with Crippen LogP contribution in [0, 0.1) is 5.92 Å². The van der Waals surface area contributed by atoms with Gasteiger partial charge in [-0.2, -0.15) is 0 Å². The number of carbonyl (C=O) groups excluding carboxylic acids is 2. The fourth-order valence-corrected chi connectivity index (χ4v) is 5.94. The molecule has 186 valence electrons. The first-order chi connectivity index (χ1) is 16.4. The van der Waals surface area contributed by atoms with Crippen LogP contribution in [0.15, 0.2) is 54.6 Å². The summed E-state index contributed by atoms with van der Waals surface area (Å²) in [5.74, 6) is -0.236. The molecule has 35 heavy (non-hydrogen) atoms. The van der Waals surface area contributed by atoms with Gasteiger partial charge >= 0.3 is 0 Å². The lowest BCUT2D eigenvalue weighted by Gasteiger charge is -2.39. The number of benzene rings is 2. The number of allylic oxidation sites excluding steroid dienone is 1. The van der Waals surface area contributed by atoms with Crippen molar-refractivity contribution < 1.29 is 9.59 Å². The molecule has 2 aromatic carbocycles. The summed E-state index contributed by atoms with van der Waals surface area (Å²) < 4.78 is 0. The molecule has 2 fully saturated rings. The number of likely N-dealkylation sites (tertiary alicyclic amines) is 2. The summed E-state index contributed by atoms with van der Waals surface area (Å²) in [6.07, 6.45) is 8.13. The van der Waals surface area contributed by atoms with Crippen LogP contribution in [0.5, 0.6) is 0 Å². The zero-order chi connectivity index (χ0) is 23.7. The quantitative estimate of drug-likeness (QED) is 0.544. The topological polar surface area (TPSA) is 43.9 Å². The Morgan fingerprint density at radius 2 is 1.91 bits per heavy atom. The third-order valence-electron chi connectivity index (χ3n) is 7.76. The monoisotopic (exact) mass is 513 g/mol. The SMILES string of the molecule is CN1CC(C(=O)N(CCCN2CCC3(C=Cc4ccccc43)CC2)c2cccc(Cl)c2)CC1=O.Cl. The second kappa shape index (κ2) is 10.7. The summed E-state index contributed by atoms with van der Waals surface area (Å²) in [4.78, 5) is 31.4. The summed E-state index contributed by atoms with van der Waals surface area (Å²) in [6.45, 7) is 4.18. The standard InChI is InChI=1S/C28H32ClN3O2.ClH/c1-30-20-22(18-26(30)33)27(34)32(24-8-4-7-23(29)19-24)15-5-14-31-16-12-28(13-17-31)11-10-21-6-2-3-9-25(21)28;/h2-4,6-11,19,22H,5,12-18,20H2,1H3;1H. The van der Waals surface area contributed by atoms with Gasteiger partial charge in [0.2, 0.25) is 11.8 Å². The Morgan fingerprint density at radius 3 is 2.63 bits per heavy atom. The van der Waals surface area contributed by atoms with Gasteiger partial charge in [-0.25, -0.2) is 0 Å². The molecule has 3 aliphatic rings. The van der Waals surface area contributed by atoms with Crippen molar-refractivity contribution in [2.45, 2.75) is 31.1 Å². The minimum Gasteiger partial charge on any atom is -0.345 e. The van der Waals surface area contributed by atoms with Gasteiger partial charge in [0.05, 0.1) is 5.92 Å². The van der Waals surface area contributed by atoms with Gasteiger partial charge in [0.15, 0.2) is 0 Å². The highest BCUT2D eigenvalue weighted by Crippen LogP contribution is 2.43. The molecule has 0 radical (unpaired) electrons. The van der Waals surface area contributed by atoms with Crippen LogP contribution >= 0.6 is 24.0 Å². The molecular formula is C28H33Cl2N3O2. The number of fused-ring (bicyclic) bond motifs is 2. The van der Waals surface area contributed by atoms with E-state index in [1.54, 1.807) is 11.9 Å². The van der Waals surface area contributed by atoms with E-state index in [1.807, 2.05) is 29.2 Å². The maximum Gasteiger partial charge on any atom is 0.232 e. The summed E-state index contributed by atoms with van der Waals surface area (Å²) in [5.41, 5.74) is 3.84. The number of halogens is 2. The number of piperidine rings is 1. The zero-order valence-corrected chi connectivity index (χ0v) is 21.7. The third-order valence-corrected chi connectivity index (χ3v) is 7.99. The van der Waals surface area contributed by atoms with E-state index in [1.165, 1.54) is 11.1 Å². The third kappa shape index (κ3) is 5.28. The Balaban J connectivity index is 0.00000289. The molecule has 0 aromatic heterocycles. The van der Waals surface area contributed by atoms with Crippen LogP contribution in [-0.4, -0.2) is 61.4 Å². The number of carbonyl (C=O) groups is 2. The molecule has 1 unspecified atom stereocenters. The van der Waals surface area contributed by atoms with Crippen molar-refractivity contribution in [3.05, 3.63) is 70.8 Å². The second-order valence-electron chi connectivity index (χ2n) is 9.92. The van der Waals surface area contributed by atoms with Gasteiger partial charge in [-0.05, 0) is 68.2 Å². The van der Waals surface area contributed by atoms with Crippen molar-refractivity contribution in [1.82, 2.24) is 9.80 Å². The van der Waals surface area contributed by atoms with E-state index in [0.717, 1.165) is 44.6 Å². The number of amides is 2. The summed E-state index contributed by atoms with van der Waals surface area (Å²) in [7, 11) is 1.76. The highest BCUT2D eigenvalue weighted by molar-refractivity contribution is 6.30. The maximum absolute atomic E-state index is 13.4. The van der Waals surface area contributed by atoms with E-state index in [9.17, 15) is 9.59 Å². The first kappa shape index (κ1) is 25.7. The van der Waals surface area contributed by atoms with Crippen LogP contribution in [0.4, 0.5) is 5.69 Å². The average molecular weight is 514 g/mol. The molecule has 2 saturated heterocycles. The second-order valence-corrected chi connectivity index (χ2v) is 10.4. The fraction of sp³-hybridized carbons (Fsp3) is 0.429. The van der Waals surface area contributed by atoms with Crippen molar-refractivity contribution in [3.63, 3.8) is 0 Å². The lowest BCUT2D eigenvalue weighted by molar-refractivity contribution is -0.127. The van der Waals surface area contributed by atoms with E-state index in [2.05, 4.69) is 41.3 Å². The molecule has 0 saturated carbocycles. The van der Waals surface area contributed by atoms with Crippen LogP contribution in [-0.2, 0) is 15.0 Å². The molecular weight excluding hydrogens is 481 g/mol. The van der Waals surface area contributed by atoms with Crippen molar-refractivity contribution in [2.24, 2.45) is 5.92 Å². The maximum atomic E-state index is 13.4.